The average molecular weight is 304 g/mol. The zero-order chi connectivity index (χ0) is 16.1. The van der Waals surface area contributed by atoms with Gasteiger partial charge in [-0.15, -0.1) is 0 Å². The first kappa shape index (κ1) is 16.1. The van der Waals surface area contributed by atoms with Crippen molar-refractivity contribution < 1.29 is 18.3 Å². The van der Waals surface area contributed by atoms with Gasteiger partial charge in [-0.1, -0.05) is 38.1 Å². The molecule has 0 heterocycles. The zero-order valence-electron chi connectivity index (χ0n) is 12.6. The van der Waals surface area contributed by atoms with Gasteiger partial charge in [0.05, 0.1) is 6.61 Å². The van der Waals surface area contributed by atoms with E-state index in [4.69, 9.17) is 4.74 Å². The highest BCUT2D eigenvalue weighted by Crippen LogP contribution is 2.28. The van der Waals surface area contributed by atoms with Crippen molar-refractivity contribution in [2.75, 3.05) is 6.61 Å². The third-order valence-corrected chi connectivity index (χ3v) is 3.14. The molecule has 0 aliphatic heterocycles. The molecule has 2 aromatic carbocycles. The number of carbonyl (C=O) groups is 1. The van der Waals surface area contributed by atoms with Crippen LogP contribution in [0.15, 0.2) is 42.5 Å². The molecule has 2 rings (SSSR count). The molecule has 0 aliphatic rings. The van der Waals surface area contributed by atoms with Gasteiger partial charge in [-0.2, -0.15) is 0 Å². The molecular weight excluding hydrogens is 286 g/mol. The number of carbonyl (C=O) groups excluding carboxylic acids is 1. The Morgan fingerprint density at radius 1 is 1.05 bits per heavy atom. The lowest BCUT2D eigenvalue weighted by Gasteiger charge is -2.11. The number of halogens is 2. The number of hydrogen-bond acceptors (Lipinski definition) is 2. The quantitative estimate of drug-likeness (QED) is 0.691. The van der Waals surface area contributed by atoms with E-state index in [2.05, 4.69) is 0 Å². The van der Waals surface area contributed by atoms with Crippen molar-refractivity contribution >= 4 is 6.29 Å². The van der Waals surface area contributed by atoms with Crippen LogP contribution in [-0.4, -0.2) is 12.9 Å². The van der Waals surface area contributed by atoms with E-state index < -0.39 is 6.43 Å². The summed E-state index contributed by atoms with van der Waals surface area (Å²) in [5, 5.41) is 0. The highest BCUT2D eigenvalue weighted by Gasteiger charge is 2.08. The lowest BCUT2D eigenvalue weighted by Crippen LogP contribution is -2.04. The summed E-state index contributed by atoms with van der Waals surface area (Å²) in [7, 11) is 0. The molecule has 4 heteroatoms. The molecule has 0 saturated heterocycles. The zero-order valence-corrected chi connectivity index (χ0v) is 12.6. The van der Waals surface area contributed by atoms with Crippen LogP contribution in [-0.2, 0) is 0 Å². The predicted octanol–water partition coefficient (Wildman–Crippen LogP) is 5.14. The van der Waals surface area contributed by atoms with Crippen molar-refractivity contribution in [2.24, 2.45) is 5.92 Å². The second-order valence-electron chi connectivity index (χ2n) is 5.54. The van der Waals surface area contributed by atoms with Crippen LogP contribution in [0.2, 0.25) is 0 Å². The summed E-state index contributed by atoms with van der Waals surface area (Å²) in [4.78, 5) is 11.1. The topological polar surface area (TPSA) is 26.3 Å². The van der Waals surface area contributed by atoms with Gasteiger partial charge in [-0.25, -0.2) is 8.78 Å². The summed E-state index contributed by atoms with van der Waals surface area (Å²) in [6, 6.07) is 11.2. The highest BCUT2D eigenvalue weighted by molar-refractivity contribution is 5.80. The Balaban J connectivity index is 2.32. The molecule has 2 aromatic rings. The fourth-order valence-corrected chi connectivity index (χ4v) is 2.02. The van der Waals surface area contributed by atoms with Crippen LogP contribution in [0, 0.1) is 5.92 Å². The number of rotatable bonds is 6. The second-order valence-corrected chi connectivity index (χ2v) is 5.54. The Bertz CT molecular complexity index is 634. The molecule has 0 spiro atoms. The van der Waals surface area contributed by atoms with E-state index in [1.807, 2.05) is 19.9 Å². The lowest BCUT2D eigenvalue weighted by atomic mass is 10.0. The Kier molecular flexibility index (Phi) is 5.26. The van der Waals surface area contributed by atoms with Crippen molar-refractivity contribution in [2.45, 2.75) is 20.3 Å². The molecule has 0 atom stereocenters. The largest absolute Gasteiger partial charge is 0.493 e. The van der Waals surface area contributed by atoms with Crippen LogP contribution >= 0.6 is 0 Å². The first-order valence-electron chi connectivity index (χ1n) is 7.11. The normalized spacial score (nSPS) is 11.0. The van der Waals surface area contributed by atoms with Gasteiger partial charge in [0.25, 0.3) is 6.43 Å². The van der Waals surface area contributed by atoms with Crippen molar-refractivity contribution in [1.29, 1.82) is 0 Å². The van der Waals surface area contributed by atoms with E-state index >= 15 is 0 Å². The first-order valence-corrected chi connectivity index (χ1v) is 7.11. The van der Waals surface area contributed by atoms with E-state index in [9.17, 15) is 13.6 Å². The number of ether oxygens (including phenoxy) is 1. The smallest absolute Gasteiger partial charge is 0.263 e. The van der Waals surface area contributed by atoms with Crippen molar-refractivity contribution in [3.63, 3.8) is 0 Å². The number of benzene rings is 2. The van der Waals surface area contributed by atoms with Crippen LogP contribution in [0.25, 0.3) is 11.1 Å². The lowest BCUT2D eigenvalue weighted by molar-refractivity contribution is 0.112. The molecule has 0 N–H and O–H groups in total. The molecule has 22 heavy (non-hydrogen) atoms. The molecule has 0 saturated carbocycles. The van der Waals surface area contributed by atoms with E-state index in [0.29, 0.717) is 23.8 Å². The van der Waals surface area contributed by atoms with Crippen molar-refractivity contribution in [3.05, 3.63) is 53.6 Å². The second kappa shape index (κ2) is 7.16. The average Bonchev–Trinajstić information content (AvgIpc) is 2.52. The molecule has 0 amide bonds. The summed E-state index contributed by atoms with van der Waals surface area (Å²) in [5.41, 5.74) is 2.01. The third kappa shape index (κ3) is 4.13. The minimum absolute atomic E-state index is 0.0217. The Labute approximate surface area is 128 Å². The third-order valence-electron chi connectivity index (χ3n) is 3.14. The Morgan fingerprint density at radius 3 is 2.27 bits per heavy atom. The van der Waals surface area contributed by atoms with Crippen molar-refractivity contribution in [1.82, 2.24) is 0 Å². The SMILES string of the molecule is CC(C)COc1cc(C=O)cc(-c2ccc(C(F)F)cc2)c1. The van der Waals surface area contributed by atoms with E-state index in [-0.39, 0.29) is 5.56 Å². The van der Waals surface area contributed by atoms with Crippen LogP contribution in [0.1, 0.15) is 36.2 Å². The summed E-state index contributed by atoms with van der Waals surface area (Å²) in [5.74, 6) is 0.972. The molecule has 116 valence electrons. The van der Waals surface area contributed by atoms with E-state index in [1.165, 1.54) is 12.1 Å². The maximum atomic E-state index is 12.6. The van der Waals surface area contributed by atoms with E-state index in [1.54, 1.807) is 24.3 Å². The van der Waals surface area contributed by atoms with Gasteiger partial charge in [0.2, 0.25) is 0 Å². The van der Waals surface area contributed by atoms with Gasteiger partial charge in [-0.3, -0.25) is 4.79 Å². The Morgan fingerprint density at radius 2 is 1.73 bits per heavy atom. The maximum absolute atomic E-state index is 12.6. The van der Waals surface area contributed by atoms with Crippen LogP contribution < -0.4 is 4.74 Å². The molecule has 0 fully saturated rings. The minimum atomic E-state index is -2.49. The number of aldehydes is 1. The van der Waals surface area contributed by atoms with Gasteiger partial charge in [0, 0.05) is 11.1 Å². The van der Waals surface area contributed by atoms with Gasteiger partial charge in [0.15, 0.2) is 0 Å². The fourth-order valence-electron chi connectivity index (χ4n) is 2.02. The molecule has 0 radical (unpaired) electrons. The fraction of sp³-hybridized carbons (Fsp3) is 0.278. The highest BCUT2D eigenvalue weighted by atomic mass is 19.3. The first-order chi connectivity index (χ1) is 10.5. The molecular formula is C18H18F2O2. The van der Waals surface area contributed by atoms with Gasteiger partial charge in [0.1, 0.15) is 12.0 Å². The van der Waals surface area contributed by atoms with Crippen LogP contribution in [0.3, 0.4) is 0 Å². The Hall–Kier alpha value is -2.23. The summed E-state index contributed by atoms with van der Waals surface area (Å²) in [6.45, 7) is 4.62. The standard InChI is InChI=1S/C18H18F2O2/c1-12(2)11-22-17-8-13(10-21)7-16(9-17)14-3-5-15(6-4-14)18(19)20/h3-10,12,18H,11H2,1-2H3. The van der Waals surface area contributed by atoms with E-state index in [0.717, 1.165) is 17.4 Å². The van der Waals surface area contributed by atoms with Crippen LogP contribution in [0.5, 0.6) is 5.75 Å². The van der Waals surface area contributed by atoms with Gasteiger partial charge < -0.3 is 4.74 Å². The molecule has 0 aromatic heterocycles. The summed E-state index contributed by atoms with van der Waals surface area (Å²) in [6.07, 6.45) is -1.74. The number of alkyl halides is 2. The molecule has 2 nitrogen and oxygen atoms in total. The predicted molar refractivity (Wildman–Crippen MR) is 82.6 cm³/mol. The monoisotopic (exact) mass is 304 g/mol. The van der Waals surface area contributed by atoms with Gasteiger partial charge in [-0.05, 0) is 35.2 Å². The van der Waals surface area contributed by atoms with Gasteiger partial charge >= 0.3 is 0 Å². The minimum Gasteiger partial charge on any atom is -0.493 e. The summed E-state index contributed by atoms with van der Waals surface area (Å²) < 4.78 is 30.8. The maximum Gasteiger partial charge on any atom is 0.263 e. The summed E-state index contributed by atoms with van der Waals surface area (Å²) >= 11 is 0. The molecule has 0 bridgehead atoms. The van der Waals surface area contributed by atoms with Crippen LogP contribution in [0.4, 0.5) is 8.78 Å². The number of hydrogen-bond donors (Lipinski definition) is 0. The van der Waals surface area contributed by atoms with Crippen molar-refractivity contribution in [3.8, 4) is 16.9 Å². The molecule has 0 aliphatic carbocycles. The molecule has 0 unspecified atom stereocenters.